The Morgan fingerprint density at radius 3 is 2.21 bits per heavy atom. The van der Waals surface area contributed by atoms with Crippen LogP contribution < -0.4 is 5.32 Å². The summed E-state index contributed by atoms with van der Waals surface area (Å²) in [6, 6.07) is 22.0. The lowest BCUT2D eigenvalue weighted by molar-refractivity contribution is -0.141. The van der Waals surface area contributed by atoms with E-state index in [-0.39, 0.29) is 28.5 Å². The molecule has 1 aliphatic carbocycles. The summed E-state index contributed by atoms with van der Waals surface area (Å²) in [5.74, 6) is -3.32. The smallest absolute Gasteiger partial charge is 0.335 e. The van der Waals surface area contributed by atoms with Gasteiger partial charge in [0.2, 0.25) is 0 Å². The van der Waals surface area contributed by atoms with Crippen LogP contribution in [0.25, 0.3) is 11.1 Å². The Balaban J connectivity index is 1.59. The van der Waals surface area contributed by atoms with E-state index in [2.05, 4.69) is 5.32 Å². The van der Waals surface area contributed by atoms with Crippen molar-refractivity contribution >= 4 is 29.4 Å². The number of hydrogen-bond acceptors (Lipinski definition) is 3. The second kappa shape index (κ2) is 9.31. The number of aromatic carboxylic acids is 1. The van der Waals surface area contributed by atoms with Crippen molar-refractivity contribution in [1.29, 1.82) is 0 Å². The molecule has 34 heavy (non-hydrogen) atoms. The first-order valence-electron chi connectivity index (χ1n) is 10.9. The monoisotopic (exact) mass is 477 g/mol. The van der Waals surface area contributed by atoms with E-state index in [1.165, 1.54) is 18.2 Å². The van der Waals surface area contributed by atoms with Gasteiger partial charge in [-0.15, -0.1) is 0 Å². The topological polar surface area (TPSA) is 104 Å². The van der Waals surface area contributed by atoms with Crippen molar-refractivity contribution in [1.82, 2.24) is 5.32 Å². The molecule has 1 fully saturated rings. The van der Waals surface area contributed by atoms with Crippen molar-refractivity contribution < 1.29 is 24.6 Å². The van der Waals surface area contributed by atoms with Crippen LogP contribution in [0.1, 0.15) is 52.0 Å². The second-order valence-electron chi connectivity index (χ2n) is 8.83. The number of benzene rings is 3. The second-order valence-corrected chi connectivity index (χ2v) is 9.27. The van der Waals surface area contributed by atoms with Gasteiger partial charge in [0.05, 0.1) is 11.5 Å². The van der Waals surface area contributed by atoms with E-state index in [0.29, 0.717) is 6.42 Å². The zero-order valence-electron chi connectivity index (χ0n) is 18.5. The van der Waals surface area contributed by atoms with E-state index in [1.807, 2.05) is 54.6 Å². The third kappa shape index (κ3) is 4.97. The molecule has 7 heteroatoms. The number of hydrogen-bond donors (Lipinski definition) is 3. The molecule has 1 amide bonds. The Labute approximate surface area is 202 Å². The molecule has 0 radical (unpaired) electrons. The number of aliphatic carboxylic acids is 1. The van der Waals surface area contributed by atoms with E-state index in [0.717, 1.165) is 16.7 Å². The summed E-state index contributed by atoms with van der Waals surface area (Å²) in [4.78, 5) is 36.0. The summed E-state index contributed by atoms with van der Waals surface area (Å²) in [6.45, 7) is 1.62. The van der Waals surface area contributed by atoms with E-state index in [1.54, 1.807) is 6.92 Å². The number of carbonyl (C=O) groups is 3. The van der Waals surface area contributed by atoms with E-state index < -0.39 is 29.3 Å². The molecular weight excluding hydrogens is 454 g/mol. The molecule has 3 aromatic carbocycles. The molecule has 6 nitrogen and oxygen atoms in total. The van der Waals surface area contributed by atoms with Gasteiger partial charge in [0.15, 0.2) is 0 Å². The molecule has 0 bridgehead atoms. The number of nitrogens with one attached hydrogen (secondary N) is 1. The zero-order chi connectivity index (χ0) is 24.5. The predicted molar refractivity (Wildman–Crippen MR) is 129 cm³/mol. The van der Waals surface area contributed by atoms with Gasteiger partial charge in [-0.25, -0.2) is 4.79 Å². The minimum absolute atomic E-state index is 0.0544. The van der Waals surface area contributed by atoms with Crippen molar-refractivity contribution in [3.63, 3.8) is 0 Å². The Hall–Kier alpha value is -3.64. The Kier molecular flexibility index (Phi) is 6.44. The van der Waals surface area contributed by atoms with Crippen LogP contribution in [-0.2, 0) is 4.79 Å². The molecule has 0 heterocycles. The van der Waals surface area contributed by atoms with Crippen LogP contribution in [-0.4, -0.2) is 33.6 Å². The Bertz CT molecular complexity index is 1240. The summed E-state index contributed by atoms with van der Waals surface area (Å²) in [6.07, 6.45) is 0.846. The van der Waals surface area contributed by atoms with Crippen LogP contribution in [0.2, 0.25) is 5.02 Å². The third-order valence-electron chi connectivity index (χ3n) is 6.36. The highest BCUT2D eigenvalue weighted by Gasteiger charge is 2.56. The van der Waals surface area contributed by atoms with E-state index >= 15 is 0 Å². The maximum Gasteiger partial charge on any atom is 0.335 e. The van der Waals surface area contributed by atoms with Gasteiger partial charge in [-0.2, -0.15) is 0 Å². The van der Waals surface area contributed by atoms with Crippen LogP contribution in [0.5, 0.6) is 0 Å². The fourth-order valence-corrected chi connectivity index (χ4v) is 4.71. The summed E-state index contributed by atoms with van der Waals surface area (Å²) in [7, 11) is 0. The van der Waals surface area contributed by atoms with Crippen LogP contribution in [0, 0.1) is 5.92 Å². The first-order chi connectivity index (χ1) is 16.2. The summed E-state index contributed by atoms with van der Waals surface area (Å²) in [5.41, 5.74) is 2.47. The number of halogens is 1. The molecule has 0 saturated heterocycles. The predicted octanol–water partition coefficient (Wildman–Crippen LogP) is 5.47. The van der Waals surface area contributed by atoms with Crippen LogP contribution in [0.3, 0.4) is 0 Å². The van der Waals surface area contributed by atoms with Gasteiger partial charge in [0, 0.05) is 22.0 Å². The highest BCUT2D eigenvalue weighted by atomic mass is 35.5. The number of rotatable bonds is 8. The molecule has 3 N–H and O–H groups in total. The van der Waals surface area contributed by atoms with Gasteiger partial charge in [0.25, 0.3) is 5.91 Å². The normalized spacial score (nSPS) is 19.8. The summed E-state index contributed by atoms with van der Waals surface area (Å²) >= 11 is 6.02. The van der Waals surface area contributed by atoms with Crippen LogP contribution in [0.4, 0.5) is 0 Å². The van der Waals surface area contributed by atoms with Gasteiger partial charge >= 0.3 is 11.9 Å². The lowest BCUT2D eigenvalue weighted by Crippen LogP contribution is -2.40. The van der Waals surface area contributed by atoms with E-state index in [4.69, 9.17) is 11.6 Å². The molecule has 3 atom stereocenters. The molecule has 3 aromatic rings. The fourth-order valence-electron chi connectivity index (χ4n) is 4.47. The Morgan fingerprint density at radius 1 is 0.971 bits per heavy atom. The highest BCUT2D eigenvalue weighted by Crippen LogP contribution is 2.55. The average Bonchev–Trinajstić information content (AvgIpc) is 3.52. The van der Waals surface area contributed by atoms with Crippen molar-refractivity contribution in [2.24, 2.45) is 5.92 Å². The zero-order valence-corrected chi connectivity index (χ0v) is 19.3. The number of carboxylic acids is 2. The lowest BCUT2D eigenvalue weighted by atomic mass is 9.94. The van der Waals surface area contributed by atoms with Crippen LogP contribution >= 0.6 is 11.6 Å². The third-order valence-corrected chi connectivity index (χ3v) is 6.58. The van der Waals surface area contributed by atoms with E-state index in [9.17, 15) is 24.6 Å². The van der Waals surface area contributed by atoms with Gasteiger partial charge in [0.1, 0.15) is 0 Å². The van der Waals surface area contributed by atoms with Gasteiger partial charge in [-0.3, -0.25) is 9.59 Å². The number of amides is 1. The molecule has 0 spiro atoms. The minimum atomic E-state index is -1.19. The molecule has 0 aliphatic heterocycles. The number of carboxylic acid groups (broad SMARTS) is 2. The summed E-state index contributed by atoms with van der Waals surface area (Å²) in [5, 5.41) is 21.9. The van der Waals surface area contributed by atoms with Crippen molar-refractivity contribution in [3.8, 4) is 11.1 Å². The maximum absolute atomic E-state index is 13.1. The van der Waals surface area contributed by atoms with Crippen molar-refractivity contribution in [3.05, 3.63) is 94.5 Å². The first-order valence-corrected chi connectivity index (χ1v) is 11.3. The molecule has 1 aliphatic rings. The van der Waals surface area contributed by atoms with Crippen molar-refractivity contribution in [2.75, 3.05) is 0 Å². The molecule has 4 rings (SSSR count). The standard InChI is InChI=1S/C27H24ClNO5/c1-16(25(31)32)14-27(29-24(30)20-11-21(26(33)34)13-22(28)12-20)15-23(27)19-9-7-18(8-10-19)17-5-3-2-4-6-17/h2-13,16,23H,14-15H2,1H3,(H,29,30)(H,31,32)(H,33,34)/t16-,23+,27?/m1/s1. The van der Waals surface area contributed by atoms with Gasteiger partial charge < -0.3 is 15.5 Å². The van der Waals surface area contributed by atoms with Crippen molar-refractivity contribution in [2.45, 2.75) is 31.2 Å². The highest BCUT2D eigenvalue weighted by molar-refractivity contribution is 6.31. The molecule has 174 valence electrons. The first kappa shape index (κ1) is 23.5. The van der Waals surface area contributed by atoms with Crippen LogP contribution in [0.15, 0.2) is 72.8 Å². The minimum Gasteiger partial charge on any atom is -0.481 e. The fraction of sp³-hybridized carbons (Fsp3) is 0.222. The summed E-state index contributed by atoms with van der Waals surface area (Å²) < 4.78 is 0. The lowest BCUT2D eigenvalue weighted by Gasteiger charge is -2.22. The molecule has 1 unspecified atom stereocenters. The maximum atomic E-state index is 13.1. The molecular formula is C27H24ClNO5. The Morgan fingerprint density at radius 2 is 1.59 bits per heavy atom. The van der Waals surface area contributed by atoms with Gasteiger partial charge in [-0.1, -0.05) is 73.1 Å². The SMILES string of the molecule is C[C@H](CC1(NC(=O)c2cc(Cl)cc(C(=O)O)c2)C[C@H]1c1ccc(-c2ccccc2)cc1)C(=O)O. The van der Waals surface area contributed by atoms with Gasteiger partial charge in [-0.05, 0) is 47.7 Å². The average molecular weight is 478 g/mol. The molecule has 1 saturated carbocycles. The molecule has 0 aromatic heterocycles. The quantitative estimate of drug-likeness (QED) is 0.399. The largest absolute Gasteiger partial charge is 0.481 e. The number of carbonyl (C=O) groups excluding carboxylic acids is 1.